The van der Waals surface area contributed by atoms with Crippen molar-refractivity contribution in [1.29, 1.82) is 5.26 Å². The molecule has 1 fully saturated rings. The van der Waals surface area contributed by atoms with Gasteiger partial charge in [-0.1, -0.05) is 26.0 Å². The molecular weight excluding hydrogens is 408 g/mol. The number of hydrogen-bond acceptors (Lipinski definition) is 5. The lowest BCUT2D eigenvalue weighted by Gasteiger charge is -2.20. The van der Waals surface area contributed by atoms with Gasteiger partial charge in [-0.3, -0.25) is 0 Å². The van der Waals surface area contributed by atoms with Crippen molar-refractivity contribution in [2.45, 2.75) is 62.6 Å². The Labute approximate surface area is 186 Å². The molecule has 31 heavy (non-hydrogen) atoms. The third-order valence-electron chi connectivity index (χ3n) is 5.51. The summed E-state index contributed by atoms with van der Waals surface area (Å²) in [7, 11) is 0.735. The Morgan fingerprint density at radius 3 is 2.42 bits per heavy atom. The second kappa shape index (κ2) is 9.49. The number of rotatable bonds is 8. The van der Waals surface area contributed by atoms with Gasteiger partial charge in [-0.25, -0.2) is 9.35 Å². The number of nitrogens with two attached hydrogens (primary N) is 1. The van der Waals surface area contributed by atoms with E-state index in [0.717, 1.165) is 41.6 Å². The zero-order chi connectivity index (χ0) is 22.8. The van der Waals surface area contributed by atoms with Gasteiger partial charge in [0.1, 0.15) is 9.92 Å². The minimum atomic E-state index is -3.23. The van der Waals surface area contributed by atoms with Crippen molar-refractivity contribution in [1.82, 2.24) is 4.90 Å². The standard InChI is InChI=1S/C24H32N4O2S/c1-16(2)21-11-18(14-25)12-22(19-7-8-19)23(21)13-24(29)27-31(26,30)20-9-5-17(6-10-20)15-28(3)4/h5-6,9-12,16,19,24,29H,7-8,13,15H2,1-4H3,(H2,26,27,30)/t24?,31-/m0/s1. The molecule has 0 bridgehead atoms. The minimum absolute atomic E-state index is 0.194. The largest absolute Gasteiger partial charge is 0.371 e. The summed E-state index contributed by atoms with van der Waals surface area (Å²) in [5.41, 5.74) is 4.86. The zero-order valence-electron chi connectivity index (χ0n) is 18.7. The van der Waals surface area contributed by atoms with Gasteiger partial charge in [-0.2, -0.15) is 9.62 Å². The second-order valence-corrected chi connectivity index (χ2v) is 10.7. The number of aliphatic hydroxyl groups is 1. The van der Waals surface area contributed by atoms with E-state index in [1.165, 1.54) is 0 Å². The van der Waals surface area contributed by atoms with Crippen molar-refractivity contribution in [2.24, 2.45) is 9.50 Å². The lowest BCUT2D eigenvalue weighted by molar-refractivity contribution is 0.186. The number of aliphatic hydroxyl groups excluding tert-OH is 1. The molecular formula is C24H32N4O2S. The van der Waals surface area contributed by atoms with Gasteiger partial charge in [0.15, 0.2) is 6.23 Å². The molecule has 3 rings (SSSR count). The zero-order valence-corrected chi connectivity index (χ0v) is 19.5. The quantitative estimate of drug-likeness (QED) is 0.650. The van der Waals surface area contributed by atoms with E-state index < -0.39 is 16.1 Å². The van der Waals surface area contributed by atoms with Crippen LogP contribution in [-0.2, 0) is 22.9 Å². The maximum atomic E-state index is 13.1. The molecule has 3 N–H and O–H groups in total. The van der Waals surface area contributed by atoms with E-state index in [-0.39, 0.29) is 12.3 Å². The van der Waals surface area contributed by atoms with Crippen molar-refractivity contribution in [3.8, 4) is 6.07 Å². The summed E-state index contributed by atoms with van der Waals surface area (Å²) >= 11 is 0. The van der Waals surface area contributed by atoms with E-state index in [2.05, 4.69) is 24.3 Å². The molecule has 0 aliphatic heterocycles. The van der Waals surface area contributed by atoms with Gasteiger partial charge in [0.05, 0.1) is 16.5 Å². The number of benzene rings is 2. The SMILES string of the molecule is CC(C)c1cc(C#N)cc(C2CC2)c1CC(O)N=[S@](N)(=O)c1ccc(CN(C)C)cc1. The first-order valence-corrected chi connectivity index (χ1v) is 12.2. The van der Waals surface area contributed by atoms with E-state index in [0.29, 0.717) is 16.4 Å². The van der Waals surface area contributed by atoms with Gasteiger partial charge in [0.2, 0.25) is 0 Å². The molecule has 0 radical (unpaired) electrons. The number of nitrogens with zero attached hydrogens (tertiary/aromatic N) is 3. The van der Waals surface area contributed by atoms with E-state index in [9.17, 15) is 14.6 Å². The first-order chi connectivity index (χ1) is 14.6. The molecule has 0 spiro atoms. The molecule has 7 heteroatoms. The Bertz CT molecular complexity index is 1070. The summed E-state index contributed by atoms with van der Waals surface area (Å²) in [5, 5.41) is 26.2. The summed E-state index contributed by atoms with van der Waals surface area (Å²) in [6, 6.07) is 13.3. The summed E-state index contributed by atoms with van der Waals surface area (Å²) in [5.74, 6) is 0.610. The predicted octanol–water partition coefficient (Wildman–Crippen LogP) is 3.88. The van der Waals surface area contributed by atoms with Crippen LogP contribution in [0.2, 0.25) is 0 Å². The van der Waals surface area contributed by atoms with Crippen LogP contribution in [0.15, 0.2) is 45.7 Å². The highest BCUT2D eigenvalue weighted by molar-refractivity contribution is 7.91. The molecule has 0 amide bonds. The predicted molar refractivity (Wildman–Crippen MR) is 124 cm³/mol. The monoisotopic (exact) mass is 440 g/mol. The topological polar surface area (TPSA) is 103 Å². The highest BCUT2D eigenvalue weighted by Crippen LogP contribution is 2.44. The molecule has 6 nitrogen and oxygen atoms in total. The van der Waals surface area contributed by atoms with Crippen LogP contribution in [0, 0.1) is 11.3 Å². The van der Waals surface area contributed by atoms with E-state index >= 15 is 0 Å². The molecule has 1 aliphatic carbocycles. The van der Waals surface area contributed by atoms with Crippen molar-refractivity contribution in [2.75, 3.05) is 14.1 Å². The van der Waals surface area contributed by atoms with Gasteiger partial charge < -0.3 is 10.0 Å². The molecule has 2 atom stereocenters. The van der Waals surface area contributed by atoms with Crippen LogP contribution in [0.3, 0.4) is 0 Å². The van der Waals surface area contributed by atoms with E-state index in [4.69, 9.17) is 5.14 Å². The average molecular weight is 441 g/mol. The Morgan fingerprint density at radius 1 is 1.26 bits per heavy atom. The smallest absolute Gasteiger partial charge is 0.159 e. The Balaban J connectivity index is 1.90. The molecule has 0 aromatic heterocycles. The van der Waals surface area contributed by atoms with Gasteiger partial charge in [-0.05, 0) is 85.3 Å². The maximum absolute atomic E-state index is 13.1. The lowest BCUT2D eigenvalue weighted by Crippen LogP contribution is -2.20. The van der Waals surface area contributed by atoms with Crippen LogP contribution in [-0.4, -0.2) is 34.5 Å². The van der Waals surface area contributed by atoms with Crippen LogP contribution in [0.25, 0.3) is 0 Å². The second-order valence-electron chi connectivity index (χ2n) is 8.91. The molecule has 0 heterocycles. The van der Waals surface area contributed by atoms with Crippen LogP contribution in [0.5, 0.6) is 0 Å². The van der Waals surface area contributed by atoms with Crippen LogP contribution in [0.4, 0.5) is 0 Å². The van der Waals surface area contributed by atoms with Crippen LogP contribution in [0.1, 0.15) is 66.3 Å². The van der Waals surface area contributed by atoms with Crippen molar-refractivity contribution in [3.05, 3.63) is 64.2 Å². The highest BCUT2D eigenvalue weighted by Gasteiger charge is 2.29. The number of nitriles is 1. The molecule has 1 unspecified atom stereocenters. The maximum Gasteiger partial charge on any atom is 0.159 e. The molecule has 2 aromatic rings. The Kier molecular flexibility index (Phi) is 7.17. The minimum Gasteiger partial charge on any atom is -0.371 e. The lowest BCUT2D eigenvalue weighted by atomic mass is 9.87. The molecule has 1 aliphatic rings. The fourth-order valence-corrected chi connectivity index (χ4v) is 4.99. The molecule has 0 saturated heterocycles. The van der Waals surface area contributed by atoms with Crippen LogP contribution < -0.4 is 5.14 Å². The first-order valence-electron chi connectivity index (χ1n) is 10.6. The van der Waals surface area contributed by atoms with Crippen LogP contribution >= 0.6 is 0 Å². The van der Waals surface area contributed by atoms with Gasteiger partial charge in [0.25, 0.3) is 0 Å². The third-order valence-corrected chi connectivity index (χ3v) is 7.02. The molecule has 166 valence electrons. The third kappa shape index (κ3) is 5.92. The summed E-state index contributed by atoms with van der Waals surface area (Å²) < 4.78 is 17.2. The highest BCUT2D eigenvalue weighted by atomic mass is 32.2. The fraction of sp³-hybridized carbons (Fsp3) is 0.458. The van der Waals surface area contributed by atoms with Crippen molar-refractivity contribution >= 4 is 9.92 Å². The Morgan fingerprint density at radius 2 is 1.90 bits per heavy atom. The van der Waals surface area contributed by atoms with E-state index in [1.807, 2.05) is 43.3 Å². The Hall–Kier alpha value is -2.24. The summed E-state index contributed by atoms with van der Waals surface area (Å²) in [4.78, 5) is 2.45. The van der Waals surface area contributed by atoms with E-state index in [1.54, 1.807) is 12.1 Å². The fourth-order valence-electron chi connectivity index (χ4n) is 3.91. The number of hydrogen-bond donors (Lipinski definition) is 2. The summed E-state index contributed by atoms with van der Waals surface area (Å²) in [6.07, 6.45) is 1.21. The van der Waals surface area contributed by atoms with Gasteiger partial charge >= 0.3 is 0 Å². The average Bonchev–Trinajstić information content (AvgIpc) is 3.52. The normalized spacial score (nSPS) is 16.7. The molecule has 1 saturated carbocycles. The van der Waals surface area contributed by atoms with Crippen molar-refractivity contribution < 1.29 is 9.32 Å². The van der Waals surface area contributed by atoms with Gasteiger partial charge in [-0.15, -0.1) is 0 Å². The molecule has 2 aromatic carbocycles. The van der Waals surface area contributed by atoms with Crippen molar-refractivity contribution in [3.63, 3.8) is 0 Å². The van der Waals surface area contributed by atoms with Gasteiger partial charge in [0, 0.05) is 13.0 Å². The summed E-state index contributed by atoms with van der Waals surface area (Å²) in [6.45, 7) is 4.91. The first kappa shape index (κ1) is 23.4.